The molecule has 1 aromatic heterocycles. The van der Waals surface area contributed by atoms with Crippen LogP contribution in [0.4, 0.5) is 0 Å². The molecule has 5 heteroatoms. The average molecular weight is 346 g/mol. The molecule has 130 valence electrons. The van der Waals surface area contributed by atoms with Gasteiger partial charge in [0.25, 0.3) is 5.91 Å². The molecule has 4 rings (SSSR count). The molecule has 1 fully saturated rings. The first-order valence-electron chi connectivity index (χ1n) is 8.65. The Labute approximate surface area is 150 Å². The summed E-state index contributed by atoms with van der Waals surface area (Å²) < 4.78 is 0. The summed E-state index contributed by atoms with van der Waals surface area (Å²) in [6.45, 7) is 1.66. The topological polar surface area (TPSA) is 70.5 Å². The number of phenols is 1. The second-order valence-corrected chi connectivity index (χ2v) is 6.46. The molecule has 0 saturated carbocycles. The zero-order valence-electron chi connectivity index (χ0n) is 14.2. The van der Waals surface area contributed by atoms with Gasteiger partial charge in [0.2, 0.25) is 0 Å². The quantitative estimate of drug-likeness (QED) is 0.735. The van der Waals surface area contributed by atoms with Crippen molar-refractivity contribution < 1.29 is 14.7 Å². The Morgan fingerprint density at radius 2 is 1.73 bits per heavy atom. The summed E-state index contributed by atoms with van der Waals surface area (Å²) in [6.07, 6.45) is 2.78. The summed E-state index contributed by atoms with van der Waals surface area (Å²) in [5.41, 5.74) is 3.21. The number of pyridine rings is 1. The van der Waals surface area contributed by atoms with Crippen molar-refractivity contribution in [2.45, 2.75) is 12.8 Å². The zero-order valence-corrected chi connectivity index (χ0v) is 14.2. The van der Waals surface area contributed by atoms with E-state index in [-0.39, 0.29) is 17.2 Å². The van der Waals surface area contributed by atoms with E-state index in [9.17, 15) is 14.7 Å². The molecule has 26 heavy (non-hydrogen) atoms. The van der Waals surface area contributed by atoms with Crippen LogP contribution < -0.4 is 0 Å². The minimum Gasteiger partial charge on any atom is -0.507 e. The molecule has 2 aromatic carbocycles. The van der Waals surface area contributed by atoms with E-state index in [0.29, 0.717) is 22.8 Å². The maximum Gasteiger partial charge on any atom is 0.253 e. The number of hydrogen-bond acceptors (Lipinski definition) is 4. The summed E-state index contributed by atoms with van der Waals surface area (Å²) in [6, 6.07) is 14.2. The number of rotatable bonds is 3. The van der Waals surface area contributed by atoms with Crippen LogP contribution in [0.3, 0.4) is 0 Å². The molecule has 0 aliphatic carbocycles. The first kappa shape index (κ1) is 16.3. The molecule has 0 unspecified atom stereocenters. The van der Waals surface area contributed by atoms with E-state index in [1.54, 1.807) is 12.1 Å². The van der Waals surface area contributed by atoms with Crippen LogP contribution in [0.2, 0.25) is 0 Å². The highest BCUT2D eigenvalue weighted by Gasteiger charge is 2.19. The standard InChI is InChI=1S/C21H18N2O3/c24-13-17-16-7-8-18(22-19(16)9-10-20(17)25)14-3-5-15(6-4-14)21(26)23-11-1-2-12-23/h3-10,13,25H,1-2,11-12H2. The van der Waals surface area contributed by atoms with E-state index in [4.69, 9.17) is 0 Å². The Balaban J connectivity index is 1.66. The van der Waals surface area contributed by atoms with Crippen molar-refractivity contribution in [3.63, 3.8) is 0 Å². The van der Waals surface area contributed by atoms with Gasteiger partial charge < -0.3 is 10.0 Å². The number of aldehydes is 1. The Bertz CT molecular complexity index is 990. The van der Waals surface area contributed by atoms with Gasteiger partial charge in [-0.1, -0.05) is 12.1 Å². The summed E-state index contributed by atoms with van der Waals surface area (Å²) in [4.78, 5) is 30.1. The van der Waals surface area contributed by atoms with E-state index in [1.807, 2.05) is 35.2 Å². The Hall–Kier alpha value is -3.21. The second kappa shape index (κ2) is 6.59. The average Bonchev–Trinajstić information content (AvgIpc) is 3.22. The smallest absolute Gasteiger partial charge is 0.253 e. The van der Waals surface area contributed by atoms with Crippen LogP contribution in [0, 0.1) is 0 Å². The number of likely N-dealkylation sites (tertiary alicyclic amines) is 1. The van der Waals surface area contributed by atoms with Gasteiger partial charge in [-0.15, -0.1) is 0 Å². The summed E-state index contributed by atoms with van der Waals surface area (Å²) in [7, 11) is 0. The monoisotopic (exact) mass is 346 g/mol. The van der Waals surface area contributed by atoms with Crippen LogP contribution in [-0.2, 0) is 0 Å². The van der Waals surface area contributed by atoms with Crippen molar-refractivity contribution >= 4 is 23.1 Å². The Morgan fingerprint density at radius 3 is 2.42 bits per heavy atom. The van der Waals surface area contributed by atoms with Gasteiger partial charge in [-0.05, 0) is 49.2 Å². The lowest BCUT2D eigenvalue weighted by Gasteiger charge is -2.15. The summed E-state index contributed by atoms with van der Waals surface area (Å²) in [5.74, 6) is 0.0263. The highest BCUT2D eigenvalue weighted by atomic mass is 16.3. The molecule has 1 aliphatic rings. The van der Waals surface area contributed by atoms with Crippen molar-refractivity contribution in [3.05, 3.63) is 59.7 Å². The van der Waals surface area contributed by atoms with Crippen LogP contribution in [0.1, 0.15) is 33.6 Å². The van der Waals surface area contributed by atoms with Gasteiger partial charge in [0.05, 0.1) is 16.8 Å². The third-order valence-electron chi connectivity index (χ3n) is 4.83. The van der Waals surface area contributed by atoms with E-state index >= 15 is 0 Å². The molecular formula is C21H18N2O3. The number of carbonyl (C=O) groups is 2. The molecule has 0 bridgehead atoms. The van der Waals surface area contributed by atoms with E-state index in [2.05, 4.69) is 4.98 Å². The largest absolute Gasteiger partial charge is 0.507 e. The normalized spacial score (nSPS) is 13.9. The van der Waals surface area contributed by atoms with E-state index in [1.165, 1.54) is 6.07 Å². The number of nitrogens with zero attached hydrogens (tertiary/aromatic N) is 2. The van der Waals surface area contributed by atoms with Crippen LogP contribution in [0.15, 0.2) is 48.5 Å². The number of phenolic OH excluding ortho intramolecular Hbond substituents is 1. The van der Waals surface area contributed by atoms with Gasteiger partial charge in [0.15, 0.2) is 6.29 Å². The van der Waals surface area contributed by atoms with Gasteiger partial charge in [0, 0.05) is 29.6 Å². The van der Waals surface area contributed by atoms with Crippen LogP contribution in [-0.4, -0.2) is 40.3 Å². The first-order chi connectivity index (χ1) is 12.7. The molecule has 0 spiro atoms. The fourth-order valence-corrected chi connectivity index (χ4v) is 3.39. The van der Waals surface area contributed by atoms with Crippen LogP contribution in [0.5, 0.6) is 5.75 Å². The van der Waals surface area contributed by atoms with E-state index in [0.717, 1.165) is 37.2 Å². The molecule has 1 N–H and O–H groups in total. The van der Waals surface area contributed by atoms with Gasteiger partial charge in [0.1, 0.15) is 5.75 Å². The lowest BCUT2D eigenvalue weighted by molar-refractivity contribution is 0.0792. The first-order valence-corrected chi connectivity index (χ1v) is 8.65. The molecule has 0 atom stereocenters. The molecule has 2 heterocycles. The van der Waals surface area contributed by atoms with Crippen molar-refractivity contribution in [2.75, 3.05) is 13.1 Å². The van der Waals surface area contributed by atoms with Gasteiger partial charge in [-0.25, -0.2) is 4.98 Å². The summed E-state index contributed by atoms with van der Waals surface area (Å²) >= 11 is 0. The molecule has 0 radical (unpaired) electrons. The number of aromatic hydroxyl groups is 1. The molecule has 5 nitrogen and oxygen atoms in total. The molecule has 1 aliphatic heterocycles. The predicted molar refractivity (Wildman–Crippen MR) is 99.4 cm³/mol. The predicted octanol–water partition coefficient (Wildman–Crippen LogP) is 3.66. The molecule has 1 amide bonds. The number of fused-ring (bicyclic) bond motifs is 1. The number of aromatic nitrogens is 1. The zero-order chi connectivity index (χ0) is 18.1. The Morgan fingerprint density at radius 1 is 1.00 bits per heavy atom. The van der Waals surface area contributed by atoms with Gasteiger partial charge in [-0.3, -0.25) is 9.59 Å². The van der Waals surface area contributed by atoms with Crippen molar-refractivity contribution in [3.8, 4) is 17.0 Å². The van der Waals surface area contributed by atoms with Crippen LogP contribution >= 0.6 is 0 Å². The molecular weight excluding hydrogens is 328 g/mol. The fourth-order valence-electron chi connectivity index (χ4n) is 3.39. The summed E-state index contributed by atoms with van der Waals surface area (Å²) in [5, 5.41) is 10.4. The molecule has 1 saturated heterocycles. The van der Waals surface area contributed by atoms with E-state index < -0.39 is 0 Å². The highest BCUT2D eigenvalue weighted by Crippen LogP contribution is 2.27. The maximum absolute atomic E-state index is 12.4. The SMILES string of the molecule is O=Cc1c(O)ccc2nc(-c3ccc(C(=O)N4CCCC4)cc3)ccc12. The maximum atomic E-state index is 12.4. The highest BCUT2D eigenvalue weighted by molar-refractivity contribution is 6.00. The number of benzene rings is 2. The molecule has 3 aromatic rings. The second-order valence-electron chi connectivity index (χ2n) is 6.46. The number of amides is 1. The minimum absolute atomic E-state index is 0.0492. The third-order valence-corrected chi connectivity index (χ3v) is 4.83. The van der Waals surface area contributed by atoms with Gasteiger partial charge >= 0.3 is 0 Å². The minimum atomic E-state index is -0.0492. The van der Waals surface area contributed by atoms with Crippen molar-refractivity contribution in [1.29, 1.82) is 0 Å². The fraction of sp³-hybridized carbons (Fsp3) is 0.190. The lowest BCUT2D eigenvalue weighted by atomic mass is 10.0. The third kappa shape index (κ3) is 2.81. The lowest BCUT2D eigenvalue weighted by Crippen LogP contribution is -2.27. The number of carbonyl (C=O) groups excluding carboxylic acids is 2. The van der Waals surface area contributed by atoms with Crippen LogP contribution in [0.25, 0.3) is 22.2 Å². The van der Waals surface area contributed by atoms with Crippen molar-refractivity contribution in [1.82, 2.24) is 9.88 Å². The van der Waals surface area contributed by atoms with Gasteiger partial charge in [-0.2, -0.15) is 0 Å². The number of hydrogen-bond donors (Lipinski definition) is 1. The Kier molecular flexibility index (Phi) is 4.13. The van der Waals surface area contributed by atoms with Crippen molar-refractivity contribution in [2.24, 2.45) is 0 Å².